The highest BCUT2D eigenvalue weighted by Crippen LogP contribution is 2.20. The van der Waals surface area contributed by atoms with Crippen molar-refractivity contribution in [2.75, 3.05) is 19.6 Å². The third-order valence-corrected chi connectivity index (χ3v) is 4.69. The molecule has 27 heavy (non-hydrogen) atoms. The van der Waals surface area contributed by atoms with E-state index in [4.69, 9.17) is 0 Å². The van der Waals surface area contributed by atoms with E-state index in [1.807, 2.05) is 6.08 Å². The van der Waals surface area contributed by atoms with Gasteiger partial charge in [0.15, 0.2) is 0 Å². The number of unbranched alkanes of at least 4 members (excludes halogenated alkanes) is 3. The zero-order valence-corrected chi connectivity index (χ0v) is 17.2. The Morgan fingerprint density at radius 1 is 0.815 bits per heavy atom. The van der Waals surface area contributed by atoms with Crippen LogP contribution in [0.3, 0.4) is 0 Å². The minimum Gasteiger partial charge on any atom is -0.418 e. The first-order chi connectivity index (χ1) is 12.7. The minimum absolute atomic E-state index is 1.19. The topological polar surface area (TPSA) is 0 Å². The molecule has 1 nitrogen and oxygen atoms in total. The second kappa shape index (κ2) is 13.8. The lowest BCUT2D eigenvalue weighted by Gasteiger charge is -2.39. The molecule has 6 heteroatoms. The zero-order chi connectivity index (χ0) is 20.8. The molecule has 0 radical (unpaired) electrons. The summed E-state index contributed by atoms with van der Waals surface area (Å²) in [6, 6.07) is 9.01. The van der Waals surface area contributed by atoms with Crippen LogP contribution in [-0.2, 0) is 6.54 Å². The normalized spacial score (nSPS) is 11.7. The fourth-order valence-electron chi connectivity index (χ4n) is 3.20. The van der Waals surface area contributed by atoms with Crippen molar-refractivity contribution < 1.29 is 21.7 Å². The predicted molar refractivity (Wildman–Crippen MR) is 110 cm³/mol. The summed E-state index contributed by atoms with van der Waals surface area (Å²) in [4.78, 5) is 0. The van der Waals surface area contributed by atoms with Gasteiger partial charge in [0.1, 0.15) is 6.54 Å². The van der Waals surface area contributed by atoms with Crippen LogP contribution in [0.25, 0.3) is 6.08 Å². The van der Waals surface area contributed by atoms with Crippen LogP contribution in [0.5, 0.6) is 0 Å². The van der Waals surface area contributed by atoms with E-state index in [1.54, 1.807) is 0 Å². The molecule has 0 unspecified atom stereocenters. The van der Waals surface area contributed by atoms with Crippen LogP contribution >= 0.6 is 0 Å². The monoisotopic (exact) mass is 389 g/mol. The molecule has 1 aromatic rings. The Hall–Kier alpha value is -1.30. The molecule has 0 atom stereocenters. The molecular weight excluding hydrogens is 353 g/mol. The van der Waals surface area contributed by atoms with E-state index < -0.39 is 7.25 Å². The van der Waals surface area contributed by atoms with Gasteiger partial charge in [0.2, 0.25) is 0 Å². The fourth-order valence-corrected chi connectivity index (χ4v) is 3.20. The molecular formula is C21H36BF4N. The molecule has 0 aromatic heterocycles. The molecule has 0 saturated carbocycles. The molecule has 0 aliphatic rings. The van der Waals surface area contributed by atoms with Gasteiger partial charge < -0.3 is 21.7 Å². The van der Waals surface area contributed by atoms with Gasteiger partial charge in [0.25, 0.3) is 0 Å². The Bertz CT molecular complexity index is 472. The molecule has 0 spiro atoms. The van der Waals surface area contributed by atoms with Gasteiger partial charge >= 0.3 is 7.25 Å². The summed E-state index contributed by atoms with van der Waals surface area (Å²) in [7, 11) is -6.00. The van der Waals surface area contributed by atoms with Crippen LogP contribution in [0.4, 0.5) is 17.3 Å². The largest absolute Gasteiger partial charge is 0.673 e. The Balaban J connectivity index is 0.00000119. The van der Waals surface area contributed by atoms with Crippen LogP contribution in [0.15, 0.2) is 30.8 Å². The van der Waals surface area contributed by atoms with Crippen molar-refractivity contribution in [3.05, 3.63) is 42.0 Å². The van der Waals surface area contributed by atoms with Gasteiger partial charge in [0.05, 0.1) is 19.6 Å². The van der Waals surface area contributed by atoms with Gasteiger partial charge in [-0.15, -0.1) is 0 Å². The second-order valence-corrected chi connectivity index (χ2v) is 7.17. The number of benzene rings is 1. The Morgan fingerprint density at radius 2 is 1.19 bits per heavy atom. The summed E-state index contributed by atoms with van der Waals surface area (Å²) < 4.78 is 40.3. The van der Waals surface area contributed by atoms with Crippen molar-refractivity contribution in [2.24, 2.45) is 0 Å². The summed E-state index contributed by atoms with van der Waals surface area (Å²) in [6.45, 7) is 16.0. The van der Waals surface area contributed by atoms with Gasteiger partial charge in [-0.1, -0.05) is 77.0 Å². The van der Waals surface area contributed by atoms with Crippen molar-refractivity contribution in [2.45, 2.75) is 65.8 Å². The van der Waals surface area contributed by atoms with E-state index in [0.717, 1.165) is 0 Å². The highest BCUT2D eigenvalue weighted by molar-refractivity contribution is 6.50. The van der Waals surface area contributed by atoms with Gasteiger partial charge in [-0.3, -0.25) is 0 Å². The van der Waals surface area contributed by atoms with Crippen LogP contribution < -0.4 is 0 Å². The molecule has 0 amide bonds. The fraction of sp³-hybridized carbons (Fsp3) is 0.619. The molecule has 0 N–H and O–H groups in total. The molecule has 1 aromatic carbocycles. The minimum atomic E-state index is -6.00. The SMILES string of the molecule is C=Cc1ccc(C[N+](CCCC)(CCCC)CCCC)cc1.F[B-](F)(F)F. The lowest BCUT2D eigenvalue weighted by molar-refractivity contribution is -0.941. The summed E-state index contributed by atoms with van der Waals surface area (Å²) in [5, 5.41) is 0. The standard InChI is InChI=1S/C21H36N.BF4/c1-5-9-16-22(17-10-6-2,18-11-7-3)19-21-14-12-20(8-4)13-15-21;2-1(3,4)5/h8,12-15H,4-7,9-11,16-19H2,1-3H3;/q+1;-1. The van der Waals surface area contributed by atoms with E-state index in [9.17, 15) is 17.3 Å². The molecule has 156 valence electrons. The Labute approximate surface area is 163 Å². The maximum Gasteiger partial charge on any atom is 0.673 e. The first-order valence-corrected chi connectivity index (χ1v) is 10.1. The zero-order valence-electron chi connectivity index (χ0n) is 17.2. The summed E-state index contributed by atoms with van der Waals surface area (Å²) in [5.41, 5.74) is 2.70. The number of hydrogen-bond donors (Lipinski definition) is 0. The van der Waals surface area contributed by atoms with E-state index in [2.05, 4.69) is 51.6 Å². The average Bonchev–Trinajstić information content (AvgIpc) is 2.62. The number of halogens is 4. The van der Waals surface area contributed by atoms with Crippen LogP contribution in [0, 0.1) is 0 Å². The van der Waals surface area contributed by atoms with E-state index in [1.165, 1.54) is 80.3 Å². The van der Waals surface area contributed by atoms with Crippen molar-refractivity contribution in [1.82, 2.24) is 0 Å². The summed E-state index contributed by atoms with van der Waals surface area (Å²) in [5.74, 6) is 0. The molecule has 0 bridgehead atoms. The van der Waals surface area contributed by atoms with Crippen molar-refractivity contribution in [3.63, 3.8) is 0 Å². The third-order valence-electron chi connectivity index (χ3n) is 4.69. The summed E-state index contributed by atoms with van der Waals surface area (Å²) >= 11 is 0. The molecule has 1 rings (SSSR count). The van der Waals surface area contributed by atoms with E-state index in [-0.39, 0.29) is 0 Å². The van der Waals surface area contributed by atoms with Gasteiger partial charge in [-0.25, -0.2) is 0 Å². The quantitative estimate of drug-likeness (QED) is 0.199. The maximum atomic E-state index is 9.75. The van der Waals surface area contributed by atoms with E-state index in [0.29, 0.717) is 0 Å². The maximum absolute atomic E-state index is 9.75. The van der Waals surface area contributed by atoms with Crippen LogP contribution in [-0.4, -0.2) is 31.4 Å². The lowest BCUT2D eigenvalue weighted by atomic mass is 10.1. The van der Waals surface area contributed by atoms with Crippen molar-refractivity contribution >= 4 is 13.3 Å². The number of nitrogens with zero attached hydrogens (tertiary/aromatic N) is 1. The van der Waals surface area contributed by atoms with Gasteiger partial charge in [-0.05, 0) is 24.8 Å². The van der Waals surface area contributed by atoms with Gasteiger partial charge in [0, 0.05) is 5.56 Å². The highest BCUT2D eigenvalue weighted by Gasteiger charge is 2.26. The number of hydrogen-bond acceptors (Lipinski definition) is 0. The predicted octanol–water partition coefficient (Wildman–Crippen LogP) is 7.35. The molecule has 0 aliphatic carbocycles. The highest BCUT2D eigenvalue weighted by atomic mass is 19.5. The summed E-state index contributed by atoms with van der Waals surface area (Å²) in [6.07, 6.45) is 9.86. The van der Waals surface area contributed by atoms with Crippen molar-refractivity contribution in [3.8, 4) is 0 Å². The molecule has 0 fully saturated rings. The smallest absolute Gasteiger partial charge is 0.418 e. The van der Waals surface area contributed by atoms with Gasteiger partial charge in [-0.2, -0.15) is 0 Å². The first kappa shape index (κ1) is 25.7. The molecule has 0 aliphatic heterocycles. The first-order valence-electron chi connectivity index (χ1n) is 10.1. The van der Waals surface area contributed by atoms with Crippen molar-refractivity contribution in [1.29, 1.82) is 0 Å². The molecule has 0 saturated heterocycles. The Kier molecular flexibility index (Phi) is 13.1. The van der Waals surface area contributed by atoms with Crippen LogP contribution in [0.1, 0.15) is 70.4 Å². The second-order valence-electron chi connectivity index (χ2n) is 7.17. The third kappa shape index (κ3) is 13.5. The number of quaternary nitrogens is 1. The molecule has 0 heterocycles. The average molecular weight is 389 g/mol. The number of rotatable bonds is 12. The van der Waals surface area contributed by atoms with Crippen LogP contribution in [0.2, 0.25) is 0 Å². The lowest BCUT2D eigenvalue weighted by Crippen LogP contribution is -2.49. The van der Waals surface area contributed by atoms with E-state index >= 15 is 0 Å². The Morgan fingerprint density at radius 3 is 1.48 bits per heavy atom.